The van der Waals surface area contributed by atoms with E-state index in [2.05, 4.69) is 15.6 Å². The van der Waals surface area contributed by atoms with E-state index in [0.29, 0.717) is 30.4 Å². The van der Waals surface area contributed by atoms with Crippen LogP contribution in [0.3, 0.4) is 0 Å². The Morgan fingerprint density at radius 3 is 2.92 bits per heavy atom. The highest BCUT2D eigenvalue weighted by Crippen LogP contribution is 2.38. The number of amides is 2. The first-order valence-electron chi connectivity index (χ1n) is 7.91. The zero-order chi connectivity index (χ0) is 16.9. The van der Waals surface area contributed by atoms with Gasteiger partial charge >= 0.3 is 6.03 Å². The number of hydrogen-bond acceptors (Lipinski definition) is 4. The van der Waals surface area contributed by atoms with E-state index in [0.717, 1.165) is 18.5 Å². The number of rotatable bonds is 6. The molecule has 2 amide bonds. The van der Waals surface area contributed by atoms with Gasteiger partial charge < -0.3 is 15.4 Å². The lowest BCUT2D eigenvalue weighted by Gasteiger charge is -2.10. The zero-order valence-electron chi connectivity index (χ0n) is 13.5. The van der Waals surface area contributed by atoms with Gasteiger partial charge in [0.1, 0.15) is 5.75 Å². The van der Waals surface area contributed by atoms with Crippen molar-refractivity contribution in [1.82, 2.24) is 14.9 Å². The van der Waals surface area contributed by atoms with E-state index in [1.807, 2.05) is 0 Å². The molecule has 7 nitrogen and oxygen atoms in total. The van der Waals surface area contributed by atoms with Gasteiger partial charge in [-0.1, -0.05) is 6.07 Å². The average molecular weight is 328 g/mol. The highest BCUT2D eigenvalue weighted by molar-refractivity contribution is 5.89. The lowest BCUT2D eigenvalue weighted by atomic mass is 10.3. The van der Waals surface area contributed by atoms with Gasteiger partial charge in [0.25, 0.3) is 5.56 Å². The van der Waals surface area contributed by atoms with E-state index in [9.17, 15) is 9.59 Å². The van der Waals surface area contributed by atoms with Crippen LogP contribution in [0.4, 0.5) is 10.5 Å². The third kappa shape index (κ3) is 4.13. The number of aromatic nitrogens is 2. The molecular formula is C17H20N4O3. The second-order valence-electron chi connectivity index (χ2n) is 5.73. The highest BCUT2D eigenvalue weighted by Gasteiger charge is 2.25. The van der Waals surface area contributed by atoms with Gasteiger partial charge in [0, 0.05) is 36.8 Å². The molecule has 24 heavy (non-hydrogen) atoms. The third-order valence-corrected chi connectivity index (χ3v) is 3.86. The Labute approximate surface area is 139 Å². The minimum absolute atomic E-state index is 0.0816. The number of carbonyl (C=O) groups is 1. The Morgan fingerprint density at radius 2 is 2.21 bits per heavy atom. The fourth-order valence-electron chi connectivity index (χ4n) is 2.38. The van der Waals surface area contributed by atoms with Crippen LogP contribution in [0.25, 0.3) is 0 Å². The molecule has 2 aromatic rings. The second-order valence-corrected chi connectivity index (χ2v) is 5.73. The first-order chi connectivity index (χ1) is 11.7. The Bertz CT molecular complexity index is 783. The molecule has 1 aliphatic rings. The normalized spacial score (nSPS) is 13.4. The Balaban J connectivity index is 1.48. The molecule has 1 aliphatic carbocycles. The molecule has 2 N–H and O–H groups in total. The highest BCUT2D eigenvalue weighted by atomic mass is 16.5. The number of ether oxygens (including phenoxy) is 1. The largest absolute Gasteiger partial charge is 0.497 e. The lowest BCUT2D eigenvalue weighted by Crippen LogP contribution is -2.33. The summed E-state index contributed by atoms with van der Waals surface area (Å²) in [6.45, 7) is 0.711. The van der Waals surface area contributed by atoms with Crippen LogP contribution in [-0.2, 0) is 6.54 Å². The van der Waals surface area contributed by atoms with Crippen molar-refractivity contribution >= 4 is 11.7 Å². The number of hydrogen-bond donors (Lipinski definition) is 2. The maximum absolute atomic E-state index is 12.0. The lowest BCUT2D eigenvalue weighted by molar-refractivity contribution is 0.251. The van der Waals surface area contributed by atoms with Crippen LogP contribution in [0, 0.1) is 0 Å². The minimum Gasteiger partial charge on any atom is -0.497 e. The molecular weight excluding hydrogens is 308 g/mol. The number of anilines is 1. The quantitative estimate of drug-likeness (QED) is 0.849. The maximum atomic E-state index is 12.0. The van der Waals surface area contributed by atoms with E-state index in [4.69, 9.17) is 4.74 Å². The number of benzene rings is 1. The summed E-state index contributed by atoms with van der Waals surface area (Å²) in [7, 11) is 1.57. The predicted molar refractivity (Wildman–Crippen MR) is 90.5 cm³/mol. The topological polar surface area (TPSA) is 85.2 Å². The fraction of sp³-hybridized carbons (Fsp3) is 0.353. The Kier molecular flexibility index (Phi) is 4.79. The Morgan fingerprint density at radius 1 is 1.38 bits per heavy atom. The molecule has 0 saturated heterocycles. The zero-order valence-corrected chi connectivity index (χ0v) is 13.5. The molecule has 0 aliphatic heterocycles. The van der Waals surface area contributed by atoms with Gasteiger partial charge in [0.2, 0.25) is 0 Å². The summed E-state index contributed by atoms with van der Waals surface area (Å²) in [6, 6.07) is 8.35. The molecule has 1 heterocycles. The fourth-order valence-corrected chi connectivity index (χ4v) is 2.38. The molecule has 1 saturated carbocycles. The summed E-state index contributed by atoms with van der Waals surface area (Å²) >= 11 is 0. The van der Waals surface area contributed by atoms with Crippen LogP contribution in [0.15, 0.2) is 41.5 Å². The van der Waals surface area contributed by atoms with Crippen molar-refractivity contribution in [3.05, 3.63) is 52.7 Å². The van der Waals surface area contributed by atoms with Crippen molar-refractivity contribution in [2.24, 2.45) is 0 Å². The van der Waals surface area contributed by atoms with E-state index < -0.39 is 0 Å². The molecule has 7 heteroatoms. The molecule has 0 spiro atoms. The summed E-state index contributed by atoms with van der Waals surface area (Å²) in [6.07, 6.45) is 3.78. The monoisotopic (exact) mass is 328 g/mol. The van der Waals surface area contributed by atoms with Crippen molar-refractivity contribution in [3.63, 3.8) is 0 Å². The van der Waals surface area contributed by atoms with Crippen LogP contribution >= 0.6 is 0 Å². The van der Waals surface area contributed by atoms with Gasteiger partial charge in [0.05, 0.1) is 19.1 Å². The molecule has 1 fully saturated rings. The second kappa shape index (κ2) is 7.16. The molecule has 0 unspecified atom stereocenters. The summed E-state index contributed by atoms with van der Waals surface area (Å²) in [4.78, 5) is 28.2. The van der Waals surface area contributed by atoms with Crippen LogP contribution in [0.5, 0.6) is 5.75 Å². The number of methoxy groups -OCH3 is 1. The number of nitrogens with zero attached hydrogens (tertiary/aromatic N) is 2. The number of nitrogens with one attached hydrogen (secondary N) is 2. The summed E-state index contributed by atoms with van der Waals surface area (Å²) in [5.41, 5.74) is 1.43. The van der Waals surface area contributed by atoms with Crippen LogP contribution in [0.1, 0.15) is 24.5 Å². The van der Waals surface area contributed by atoms with Crippen molar-refractivity contribution < 1.29 is 9.53 Å². The first kappa shape index (κ1) is 16.0. The molecule has 1 aromatic heterocycles. The van der Waals surface area contributed by atoms with Crippen molar-refractivity contribution in [1.29, 1.82) is 0 Å². The molecule has 0 atom stereocenters. The molecule has 0 radical (unpaired) electrons. The molecule has 126 valence electrons. The smallest absolute Gasteiger partial charge is 0.319 e. The van der Waals surface area contributed by atoms with Crippen molar-refractivity contribution in [2.45, 2.75) is 25.3 Å². The van der Waals surface area contributed by atoms with Crippen LogP contribution in [0.2, 0.25) is 0 Å². The first-order valence-corrected chi connectivity index (χ1v) is 7.91. The Hall–Kier alpha value is -2.83. The summed E-state index contributed by atoms with van der Waals surface area (Å²) in [5.74, 6) is 1.13. The van der Waals surface area contributed by atoms with E-state index in [-0.39, 0.29) is 11.6 Å². The SMILES string of the molecule is COc1cccc(NC(=O)NCCn2cnc(C3CC3)cc2=O)c1. The molecule has 1 aromatic carbocycles. The minimum atomic E-state index is -0.334. The third-order valence-electron chi connectivity index (χ3n) is 3.86. The van der Waals surface area contributed by atoms with Gasteiger partial charge in [-0.15, -0.1) is 0 Å². The van der Waals surface area contributed by atoms with Crippen molar-refractivity contribution in [2.75, 3.05) is 19.0 Å². The summed E-state index contributed by atoms with van der Waals surface area (Å²) in [5, 5.41) is 5.43. The summed E-state index contributed by atoms with van der Waals surface area (Å²) < 4.78 is 6.60. The number of carbonyl (C=O) groups excluding carboxylic acids is 1. The average Bonchev–Trinajstić information content (AvgIpc) is 3.41. The van der Waals surface area contributed by atoms with Gasteiger partial charge in [0.15, 0.2) is 0 Å². The van der Waals surface area contributed by atoms with Gasteiger partial charge in [-0.05, 0) is 25.0 Å². The standard InChI is InChI=1S/C17H20N4O3/c1-24-14-4-2-3-13(9-14)20-17(23)18-7-8-21-11-19-15(10-16(21)22)12-5-6-12/h2-4,9-12H,5-8H2,1H3,(H2,18,20,23). The van der Waals surface area contributed by atoms with E-state index in [1.54, 1.807) is 43.8 Å². The van der Waals surface area contributed by atoms with E-state index in [1.165, 1.54) is 4.57 Å². The molecule has 0 bridgehead atoms. The maximum Gasteiger partial charge on any atom is 0.319 e. The van der Waals surface area contributed by atoms with Gasteiger partial charge in [-0.2, -0.15) is 0 Å². The van der Waals surface area contributed by atoms with Gasteiger partial charge in [-0.25, -0.2) is 9.78 Å². The molecule has 3 rings (SSSR count). The van der Waals surface area contributed by atoms with E-state index >= 15 is 0 Å². The van der Waals surface area contributed by atoms with Crippen molar-refractivity contribution in [3.8, 4) is 5.75 Å². The van der Waals surface area contributed by atoms with Gasteiger partial charge in [-0.3, -0.25) is 9.36 Å². The number of urea groups is 1. The van der Waals surface area contributed by atoms with Crippen LogP contribution in [-0.4, -0.2) is 29.2 Å². The van der Waals surface area contributed by atoms with Crippen LogP contribution < -0.4 is 20.9 Å². The predicted octanol–water partition coefficient (Wildman–Crippen LogP) is 1.95.